The molecule has 1 amide bonds. The van der Waals surface area contributed by atoms with Crippen LogP contribution >= 0.6 is 11.6 Å². The van der Waals surface area contributed by atoms with E-state index in [2.05, 4.69) is 0 Å². The van der Waals surface area contributed by atoms with Gasteiger partial charge in [-0.1, -0.05) is 48.0 Å². The van der Waals surface area contributed by atoms with Crippen molar-refractivity contribution in [2.75, 3.05) is 25.2 Å². The molecule has 0 N–H and O–H groups in total. The minimum Gasteiger partial charge on any atom is -0.490 e. The van der Waals surface area contributed by atoms with Crippen LogP contribution in [0.1, 0.15) is 20.7 Å². The number of esters is 1. The summed E-state index contributed by atoms with van der Waals surface area (Å²) in [6.07, 6.45) is 0. The van der Waals surface area contributed by atoms with E-state index in [1.807, 2.05) is 30.3 Å². The molecule has 0 radical (unpaired) electrons. The summed E-state index contributed by atoms with van der Waals surface area (Å²) in [7, 11) is 1.67. The number of ether oxygens (including phenoxy) is 2. The third kappa shape index (κ3) is 5.36. The molecule has 3 aromatic carbocycles. The first-order chi connectivity index (χ1) is 14.1. The molecule has 3 rings (SSSR count). The lowest BCUT2D eigenvalue weighted by atomic mass is 10.1. The SMILES string of the molecule is CN(C(=O)c1ccccc1C(=O)OCCOc1cccc(Cl)c1)c1ccccc1. The molecule has 0 atom stereocenters. The number of carbonyl (C=O) groups is 2. The van der Waals surface area contributed by atoms with Gasteiger partial charge in [0.15, 0.2) is 0 Å². The number of hydrogen-bond acceptors (Lipinski definition) is 4. The van der Waals surface area contributed by atoms with Gasteiger partial charge >= 0.3 is 5.97 Å². The first kappa shape index (κ1) is 20.4. The van der Waals surface area contributed by atoms with Gasteiger partial charge in [-0.3, -0.25) is 4.79 Å². The summed E-state index contributed by atoms with van der Waals surface area (Å²) in [5.41, 5.74) is 1.22. The Kier molecular flexibility index (Phi) is 6.87. The molecular weight excluding hydrogens is 390 g/mol. The Morgan fingerprint density at radius 3 is 2.28 bits per heavy atom. The zero-order valence-electron chi connectivity index (χ0n) is 15.9. The maximum atomic E-state index is 12.9. The standard InChI is InChI=1S/C23H20ClNO4/c1-25(18-9-3-2-4-10-18)22(26)20-12-5-6-13-21(20)23(27)29-15-14-28-19-11-7-8-17(24)16-19/h2-13,16H,14-15H2,1H3. The Balaban J connectivity index is 1.63. The molecule has 0 saturated carbocycles. The van der Waals surface area contributed by atoms with Crippen molar-refractivity contribution in [3.8, 4) is 5.75 Å². The smallest absolute Gasteiger partial charge is 0.339 e. The second kappa shape index (κ2) is 9.75. The van der Waals surface area contributed by atoms with Gasteiger partial charge in [0.25, 0.3) is 5.91 Å². The highest BCUT2D eigenvalue weighted by molar-refractivity contribution is 6.30. The highest BCUT2D eigenvalue weighted by atomic mass is 35.5. The third-order valence-corrected chi connectivity index (χ3v) is 4.44. The molecule has 29 heavy (non-hydrogen) atoms. The summed E-state index contributed by atoms with van der Waals surface area (Å²) >= 11 is 5.90. The molecule has 0 heterocycles. The molecule has 6 heteroatoms. The lowest BCUT2D eigenvalue weighted by Crippen LogP contribution is -2.28. The Hall–Kier alpha value is -3.31. The van der Waals surface area contributed by atoms with E-state index in [4.69, 9.17) is 21.1 Å². The number of anilines is 1. The van der Waals surface area contributed by atoms with Gasteiger partial charge in [-0.15, -0.1) is 0 Å². The molecule has 148 valence electrons. The first-order valence-corrected chi connectivity index (χ1v) is 9.41. The van der Waals surface area contributed by atoms with E-state index in [-0.39, 0.29) is 30.2 Å². The first-order valence-electron chi connectivity index (χ1n) is 9.04. The van der Waals surface area contributed by atoms with Gasteiger partial charge in [-0.25, -0.2) is 4.79 Å². The van der Waals surface area contributed by atoms with Gasteiger partial charge in [0.1, 0.15) is 19.0 Å². The molecule has 0 spiro atoms. The number of hydrogen-bond donors (Lipinski definition) is 0. The van der Waals surface area contributed by atoms with Crippen LogP contribution in [0.5, 0.6) is 5.75 Å². The van der Waals surface area contributed by atoms with Crippen molar-refractivity contribution >= 4 is 29.2 Å². The minimum atomic E-state index is -0.579. The lowest BCUT2D eigenvalue weighted by Gasteiger charge is -2.18. The predicted molar refractivity (Wildman–Crippen MR) is 113 cm³/mol. The minimum absolute atomic E-state index is 0.0440. The number of para-hydroxylation sites is 1. The molecule has 5 nitrogen and oxygen atoms in total. The van der Waals surface area contributed by atoms with Gasteiger partial charge < -0.3 is 14.4 Å². The molecule has 0 bridgehead atoms. The van der Waals surface area contributed by atoms with E-state index >= 15 is 0 Å². The Morgan fingerprint density at radius 2 is 1.55 bits per heavy atom. The number of benzene rings is 3. The van der Waals surface area contributed by atoms with Crippen molar-refractivity contribution in [3.05, 3.63) is 95.0 Å². The number of amides is 1. The second-order valence-corrected chi connectivity index (χ2v) is 6.62. The summed E-state index contributed by atoms with van der Waals surface area (Å²) in [5.74, 6) is -0.280. The van der Waals surface area contributed by atoms with Crippen LogP contribution in [0.25, 0.3) is 0 Å². The Morgan fingerprint density at radius 1 is 0.862 bits per heavy atom. The van der Waals surface area contributed by atoms with Gasteiger partial charge in [0.2, 0.25) is 0 Å². The fraction of sp³-hybridized carbons (Fsp3) is 0.130. The third-order valence-electron chi connectivity index (χ3n) is 4.21. The van der Waals surface area contributed by atoms with E-state index in [9.17, 15) is 9.59 Å². The highest BCUT2D eigenvalue weighted by Gasteiger charge is 2.21. The lowest BCUT2D eigenvalue weighted by molar-refractivity contribution is 0.0447. The van der Waals surface area contributed by atoms with Gasteiger partial charge in [-0.05, 0) is 42.5 Å². The van der Waals surface area contributed by atoms with Crippen molar-refractivity contribution in [2.45, 2.75) is 0 Å². The number of nitrogens with zero attached hydrogens (tertiary/aromatic N) is 1. The Bertz CT molecular complexity index is 991. The van der Waals surface area contributed by atoms with Crippen LogP contribution in [0.3, 0.4) is 0 Å². The van der Waals surface area contributed by atoms with Crippen LogP contribution in [0.15, 0.2) is 78.9 Å². The highest BCUT2D eigenvalue weighted by Crippen LogP contribution is 2.19. The van der Waals surface area contributed by atoms with Gasteiger partial charge in [0, 0.05) is 17.8 Å². The fourth-order valence-electron chi connectivity index (χ4n) is 2.73. The van der Waals surface area contributed by atoms with Gasteiger partial charge in [-0.2, -0.15) is 0 Å². The van der Waals surface area contributed by atoms with Crippen molar-refractivity contribution in [3.63, 3.8) is 0 Å². The summed E-state index contributed by atoms with van der Waals surface area (Å²) in [5, 5.41) is 0.564. The molecule has 0 aliphatic rings. The molecule has 0 fully saturated rings. The van der Waals surface area contributed by atoms with Crippen LogP contribution in [-0.4, -0.2) is 32.1 Å². The van der Waals surface area contributed by atoms with E-state index in [1.54, 1.807) is 55.6 Å². The average Bonchev–Trinajstić information content (AvgIpc) is 2.76. The molecule has 0 aromatic heterocycles. The van der Waals surface area contributed by atoms with E-state index < -0.39 is 5.97 Å². The Labute approximate surface area is 174 Å². The summed E-state index contributed by atoms with van der Waals surface area (Å²) in [6.45, 7) is 0.217. The second-order valence-electron chi connectivity index (χ2n) is 6.19. The fourth-order valence-corrected chi connectivity index (χ4v) is 2.91. The van der Waals surface area contributed by atoms with Crippen molar-refractivity contribution < 1.29 is 19.1 Å². The van der Waals surface area contributed by atoms with E-state index in [0.29, 0.717) is 10.8 Å². The van der Waals surface area contributed by atoms with Crippen LogP contribution in [0, 0.1) is 0 Å². The summed E-state index contributed by atoms with van der Waals surface area (Å²) < 4.78 is 10.8. The molecule has 0 saturated heterocycles. The zero-order valence-corrected chi connectivity index (χ0v) is 16.6. The van der Waals surface area contributed by atoms with Gasteiger partial charge in [0.05, 0.1) is 11.1 Å². The maximum Gasteiger partial charge on any atom is 0.339 e. The largest absolute Gasteiger partial charge is 0.490 e. The summed E-state index contributed by atoms with van der Waals surface area (Å²) in [4.78, 5) is 26.9. The number of halogens is 1. The monoisotopic (exact) mass is 409 g/mol. The van der Waals surface area contributed by atoms with Crippen LogP contribution < -0.4 is 9.64 Å². The van der Waals surface area contributed by atoms with E-state index in [0.717, 1.165) is 5.69 Å². The van der Waals surface area contributed by atoms with Crippen LogP contribution in [0.4, 0.5) is 5.69 Å². The van der Waals surface area contributed by atoms with Crippen molar-refractivity contribution in [1.29, 1.82) is 0 Å². The maximum absolute atomic E-state index is 12.9. The summed E-state index contributed by atoms with van der Waals surface area (Å²) in [6, 6.07) is 22.8. The van der Waals surface area contributed by atoms with Crippen molar-refractivity contribution in [1.82, 2.24) is 0 Å². The molecule has 3 aromatic rings. The predicted octanol–water partition coefficient (Wildman–Crippen LogP) is 4.85. The van der Waals surface area contributed by atoms with Crippen molar-refractivity contribution in [2.24, 2.45) is 0 Å². The topological polar surface area (TPSA) is 55.8 Å². The van der Waals surface area contributed by atoms with Crippen LogP contribution in [-0.2, 0) is 4.74 Å². The molecular formula is C23H20ClNO4. The quantitative estimate of drug-likeness (QED) is 0.413. The molecule has 0 aliphatic heterocycles. The number of rotatable bonds is 7. The molecule has 0 aliphatic carbocycles. The van der Waals surface area contributed by atoms with Crippen LogP contribution in [0.2, 0.25) is 5.02 Å². The normalized spacial score (nSPS) is 10.3. The number of carbonyl (C=O) groups excluding carboxylic acids is 2. The molecule has 0 unspecified atom stereocenters. The zero-order chi connectivity index (χ0) is 20.6. The average molecular weight is 410 g/mol. The van der Waals surface area contributed by atoms with E-state index in [1.165, 1.54) is 4.90 Å².